The number of benzene rings is 3. The molecule has 0 amide bonds. The largest absolute Gasteiger partial charge is 0.508 e. The number of hydrogen-bond acceptors (Lipinski definition) is 7. The van der Waals surface area contributed by atoms with Gasteiger partial charge in [0.15, 0.2) is 11.5 Å². The van der Waals surface area contributed by atoms with Gasteiger partial charge in [0.25, 0.3) is 0 Å². The summed E-state index contributed by atoms with van der Waals surface area (Å²) in [4.78, 5) is 12.1. The van der Waals surface area contributed by atoms with E-state index in [1.165, 1.54) is 0 Å². The molecular weight excluding hydrogens is 458 g/mol. The van der Waals surface area contributed by atoms with Crippen LogP contribution in [0.4, 0.5) is 10.5 Å². The number of nitrogen functional groups attached to an aromatic ring is 1. The maximum atomic E-state index is 12.1. The normalized spacial score (nSPS) is 11.4. The molecule has 0 saturated carbocycles. The van der Waals surface area contributed by atoms with Gasteiger partial charge in [0.2, 0.25) is 0 Å². The summed E-state index contributed by atoms with van der Waals surface area (Å²) < 4.78 is 22.1. The van der Waals surface area contributed by atoms with Crippen LogP contribution in [0.5, 0.6) is 11.5 Å². The maximum Gasteiger partial charge on any atom is 0.508 e. The summed E-state index contributed by atoms with van der Waals surface area (Å²) in [5.41, 5.74) is 8.82. The lowest BCUT2D eigenvalue weighted by Gasteiger charge is -2.22. The van der Waals surface area contributed by atoms with E-state index in [-0.39, 0.29) is 25.0 Å². The van der Waals surface area contributed by atoms with Crippen molar-refractivity contribution in [1.29, 1.82) is 5.41 Å². The minimum absolute atomic E-state index is 0.00911. The molecule has 3 aromatic rings. The number of methoxy groups -OCH3 is 1. The Morgan fingerprint density at radius 3 is 2.28 bits per heavy atom. The van der Waals surface area contributed by atoms with Crippen molar-refractivity contribution in [1.82, 2.24) is 0 Å². The van der Waals surface area contributed by atoms with E-state index in [0.717, 1.165) is 16.8 Å². The molecule has 0 aliphatic carbocycles. The average Bonchev–Trinajstić information content (AvgIpc) is 2.89. The number of carbonyl (C=O) groups is 1. The smallest absolute Gasteiger partial charge is 0.493 e. The molecule has 190 valence electrons. The van der Waals surface area contributed by atoms with E-state index in [4.69, 9.17) is 30.1 Å². The van der Waals surface area contributed by atoms with E-state index in [1.807, 2.05) is 74.5 Å². The summed E-state index contributed by atoms with van der Waals surface area (Å²) in [7, 11) is 1.58. The Morgan fingerprint density at radius 2 is 1.64 bits per heavy atom. The zero-order valence-corrected chi connectivity index (χ0v) is 20.8. The molecule has 0 radical (unpaired) electrons. The number of hydrogen-bond donors (Lipinski definition) is 3. The molecule has 4 N–H and O–H groups in total. The molecule has 8 nitrogen and oxygen atoms in total. The SMILES string of the molecule is COc1cc(C(COC(=O)OCC(C)C)Nc2ccc(C(=N)N)cc2)ccc1OCc1ccccc1. The lowest BCUT2D eigenvalue weighted by molar-refractivity contribution is 0.0450. The fourth-order valence-corrected chi connectivity index (χ4v) is 3.35. The van der Waals surface area contributed by atoms with E-state index in [9.17, 15) is 4.79 Å². The van der Waals surface area contributed by atoms with Crippen LogP contribution in [0.2, 0.25) is 0 Å². The molecule has 0 bridgehead atoms. The van der Waals surface area contributed by atoms with Crippen molar-refractivity contribution in [2.45, 2.75) is 26.5 Å². The summed E-state index contributed by atoms with van der Waals surface area (Å²) in [5.74, 6) is 1.36. The third kappa shape index (κ3) is 7.94. The summed E-state index contributed by atoms with van der Waals surface area (Å²) in [6, 6.07) is 22.2. The zero-order chi connectivity index (χ0) is 25.9. The van der Waals surface area contributed by atoms with E-state index < -0.39 is 12.2 Å². The minimum atomic E-state index is -0.725. The molecule has 8 heteroatoms. The van der Waals surface area contributed by atoms with Gasteiger partial charge in [0, 0.05) is 11.3 Å². The Bertz CT molecular complexity index is 1130. The summed E-state index contributed by atoms with van der Waals surface area (Å²) in [6.45, 7) is 4.63. The van der Waals surface area contributed by atoms with Crippen LogP contribution < -0.4 is 20.5 Å². The maximum absolute atomic E-state index is 12.1. The summed E-state index contributed by atoms with van der Waals surface area (Å²) in [5, 5.41) is 10.9. The zero-order valence-electron chi connectivity index (χ0n) is 20.8. The molecule has 0 aliphatic rings. The standard InChI is InChI=1S/C28H33N3O5/c1-19(2)16-35-28(32)36-18-24(31-23-12-9-21(10-13-23)27(29)30)22-11-14-25(26(15-22)33-3)34-17-20-7-5-4-6-8-20/h4-15,19,24,31H,16-18H2,1-3H3,(H3,29,30). The highest BCUT2D eigenvalue weighted by Gasteiger charge is 2.18. The van der Waals surface area contributed by atoms with Gasteiger partial charge in [-0.25, -0.2) is 4.79 Å². The molecule has 0 fully saturated rings. The molecule has 0 spiro atoms. The number of nitrogens with two attached hydrogens (primary N) is 1. The predicted molar refractivity (Wildman–Crippen MR) is 140 cm³/mol. The van der Waals surface area contributed by atoms with E-state index >= 15 is 0 Å². The molecule has 0 heterocycles. The number of anilines is 1. The molecule has 1 atom stereocenters. The van der Waals surface area contributed by atoms with Crippen molar-refractivity contribution in [3.8, 4) is 11.5 Å². The predicted octanol–water partition coefficient (Wildman–Crippen LogP) is 5.52. The molecule has 0 saturated heterocycles. The lowest BCUT2D eigenvalue weighted by Crippen LogP contribution is -2.21. The van der Waals surface area contributed by atoms with Gasteiger partial charge in [0.05, 0.1) is 19.8 Å². The van der Waals surface area contributed by atoms with Gasteiger partial charge in [-0.15, -0.1) is 0 Å². The molecular formula is C28H33N3O5. The van der Waals surface area contributed by atoms with Crippen LogP contribution in [0, 0.1) is 11.3 Å². The second kappa shape index (κ2) is 13.0. The minimum Gasteiger partial charge on any atom is -0.493 e. The molecule has 3 aromatic carbocycles. The van der Waals surface area contributed by atoms with Gasteiger partial charge in [0.1, 0.15) is 19.0 Å². The van der Waals surface area contributed by atoms with E-state index in [0.29, 0.717) is 23.7 Å². The quantitative estimate of drug-likeness (QED) is 0.173. The van der Waals surface area contributed by atoms with Crippen LogP contribution in [-0.2, 0) is 16.1 Å². The van der Waals surface area contributed by atoms with Gasteiger partial charge in [-0.05, 0) is 53.4 Å². The third-order valence-electron chi connectivity index (χ3n) is 5.27. The number of amidine groups is 1. The average molecular weight is 492 g/mol. The van der Waals surface area contributed by atoms with Gasteiger partial charge in [-0.3, -0.25) is 5.41 Å². The first-order valence-electron chi connectivity index (χ1n) is 11.7. The first kappa shape index (κ1) is 26.4. The topological polar surface area (TPSA) is 116 Å². The first-order valence-corrected chi connectivity index (χ1v) is 11.7. The number of nitrogens with one attached hydrogen (secondary N) is 2. The van der Waals surface area contributed by atoms with Crippen molar-refractivity contribution in [3.63, 3.8) is 0 Å². The van der Waals surface area contributed by atoms with Gasteiger partial charge in [-0.1, -0.05) is 50.2 Å². The molecule has 1 unspecified atom stereocenters. The lowest BCUT2D eigenvalue weighted by atomic mass is 10.1. The molecule has 36 heavy (non-hydrogen) atoms. The van der Waals surface area contributed by atoms with Crippen molar-refractivity contribution < 1.29 is 23.7 Å². The summed E-state index contributed by atoms with van der Waals surface area (Å²) in [6.07, 6.45) is -0.725. The number of carbonyl (C=O) groups excluding carboxylic acids is 1. The van der Waals surface area contributed by atoms with Crippen LogP contribution in [0.3, 0.4) is 0 Å². The van der Waals surface area contributed by atoms with Gasteiger partial charge in [-0.2, -0.15) is 0 Å². The van der Waals surface area contributed by atoms with Gasteiger partial charge < -0.3 is 30.0 Å². The fraction of sp³-hybridized carbons (Fsp3) is 0.286. The highest BCUT2D eigenvalue weighted by Crippen LogP contribution is 2.32. The van der Waals surface area contributed by atoms with Gasteiger partial charge >= 0.3 is 6.16 Å². The highest BCUT2D eigenvalue weighted by molar-refractivity contribution is 5.95. The van der Waals surface area contributed by atoms with E-state index in [2.05, 4.69) is 5.32 Å². The Kier molecular flexibility index (Phi) is 9.56. The first-order chi connectivity index (χ1) is 17.4. The number of rotatable bonds is 12. The second-order valence-electron chi connectivity index (χ2n) is 8.64. The van der Waals surface area contributed by atoms with Crippen molar-refractivity contribution in [2.24, 2.45) is 11.7 Å². The van der Waals surface area contributed by atoms with Crippen molar-refractivity contribution in [2.75, 3.05) is 25.6 Å². The van der Waals surface area contributed by atoms with Crippen LogP contribution in [0.25, 0.3) is 0 Å². The monoisotopic (exact) mass is 491 g/mol. The fourth-order valence-electron chi connectivity index (χ4n) is 3.35. The Hall–Kier alpha value is -4.20. The summed E-state index contributed by atoms with van der Waals surface area (Å²) >= 11 is 0. The van der Waals surface area contributed by atoms with E-state index in [1.54, 1.807) is 19.2 Å². The number of ether oxygens (including phenoxy) is 4. The Balaban J connectivity index is 1.78. The Morgan fingerprint density at radius 1 is 0.944 bits per heavy atom. The van der Waals surface area contributed by atoms with Crippen LogP contribution in [-0.4, -0.2) is 32.3 Å². The second-order valence-corrected chi connectivity index (χ2v) is 8.64. The molecule has 3 rings (SSSR count). The Labute approximate surface area is 211 Å². The van der Waals surface area contributed by atoms with Crippen molar-refractivity contribution >= 4 is 17.7 Å². The third-order valence-corrected chi connectivity index (χ3v) is 5.27. The molecule has 0 aromatic heterocycles. The van der Waals surface area contributed by atoms with Crippen LogP contribution >= 0.6 is 0 Å². The van der Waals surface area contributed by atoms with Crippen molar-refractivity contribution in [3.05, 3.63) is 89.5 Å². The van der Waals surface area contributed by atoms with Crippen LogP contribution in [0.1, 0.15) is 36.6 Å². The molecule has 0 aliphatic heterocycles. The van der Waals surface area contributed by atoms with Crippen LogP contribution in [0.15, 0.2) is 72.8 Å². The highest BCUT2D eigenvalue weighted by atomic mass is 16.7.